The molecule has 1 amide bonds. The van der Waals surface area contributed by atoms with E-state index >= 15 is 0 Å². The Balaban J connectivity index is 2.50. The monoisotopic (exact) mass is 244 g/mol. The Hall–Kier alpha value is -0.810. The van der Waals surface area contributed by atoms with Crippen LogP contribution in [0.2, 0.25) is 0 Å². The van der Waals surface area contributed by atoms with Crippen LogP contribution in [0.1, 0.15) is 34.6 Å². The van der Waals surface area contributed by atoms with Gasteiger partial charge in [-0.3, -0.25) is 0 Å². The van der Waals surface area contributed by atoms with Crippen molar-refractivity contribution < 1.29 is 14.3 Å². The van der Waals surface area contributed by atoms with Crippen molar-refractivity contribution >= 4 is 6.09 Å². The fraction of sp³-hybridized carbons (Fsp3) is 0.917. The lowest BCUT2D eigenvalue weighted by molar-refractivity contribution is -0.0272. The quantitative estimate of drug-likeness (QED) is 0.768. The molecule has 2 N–H and O–H groups in total. The number of ether oxygens (including phenoxy) is 2. The molecule has 0 aromatic carbocycles. The second kappa shape index (κ2) is 5.23. The van der Waals surface area contributed by atoms with Crippen LogP contribution in [0, 0.1) is 0 Å². The molecule has 1 rings (SSSR count). The van der Waals surface area contributed by atoms with Crippen molar-refractivity contribution in [2.75, 3.05) is 19.7 Å². The Labute approximate surface area is 103 Å². The van der Waals surface area contributed by atoms with Crippen LogP contribution in [-0.4, -0.2) is 43.0 Å². The molecule has 5 heteroatoms. The largest absolute Gasteiger partial charge is 0.444 e. The molecule has 0 aliphatic carbocycles. The van der Waals surface area contributed by atoms with E-state index in [9.17, 15) is 4.79 Å². The van der Waals surface area contributed by atoms with E-state index in [1.807, 2.05) is 34.6 Å². The smallest absolute Gasteiger partial charge is 0.408 e. The molecule has 100 valence electrons. The summed E-state index contributed by atoms with van der Waals surface area (Å²) in [6, 6.07) is 0. The Kier molecular flexibility index (Phi) is 4.38. The number of morpholine rings is 1. The third kappa shape index (κ3) is 4.91. The molecule has 0 aromatic heterocycles. The highest BCUT2D eigenvalue weighted by Crippen LogP contribution is 2.16. The summed E-state index contributed by atoms with van der Waals surface area (Å²) >= 11 is 0. The average Bonchev–Trinajstić information content (AvgIpc) is 2.15. The summed E-state index contributed by atoms with van der Waals surface area (Å²) < 4.78 is 10.9. The third-order valence-corrected chi connectivity index (χ3v) is 2.56. The molecule has 0 saturated carbocycles. The molecule has 0 radical (unpaired) electrons. The van der Waals surface area contributed by atoms with Crippen molar-refractivity contribution in [3.8, 4) is 0 Å². The second-order valence-electron chi connectivity index (χ2n) is 5.91. The molecule has 0 spiro atoms. The van der Waals surface area contributed by atoms with Crippen LogP contribution in [0.5, 0.6) is 0 Å². The van der Waals surface area contributed by atoms with Crippen LogP contribution < -0.4 is 10.6 Å². The lowest BCUT2D eigenvalue weighted by atomic mass is 9.96. The zero-order chi connectivity index (χ0) is 13.1. The van der Waals surface area contributed by atoms with Crippen LogP contribution >= 0.6 is 0 Å². The summed E-state index contributed by atoms with van der Waals surface area (Å²) in [5.74, 6) is 0. The molecule has 0 bridgehead atoms. The van der Waals surface area contributed by atoms with Crippen LogP contribution in [0.15, 0.2) is 0 Å². The highest BCUT2D eigenvalue weighted by Gasteiger charge is 2.34. The first-order valence-corrected chi connectivity index (χ1v) is 6.04. The number of carbonyl (C=O) groups excluding carboxylic acids is 1. The highest BCUT2D eigenvalue weighted by molar-refractivity contribution is 5.68. The van der Waals surface area contributed by atoms with Gasteiger partial charge >= 0.3 is 6.09 Å². The van der Waals surface area contributed by atoms with Crippen LogP contribution in [-0.2, 0) is 9.47 Å². The maximum atomic E-state index is 11.7. The minimum absolute atomic E-state index is 0.0382. The Bertz CT molecular complexity index is 265. The van der Waals surface area contributed by atoms with E-state index in [-0.39, 0.29) is 6.10 Å². The van der Waals surface area contributed by atoms with E-state index in [2.05, 4.69) is 10.6 Å². The normalized spacial score (nSPS) is 22.1. The van der Waals surface area contributed by atoms with Crippen molar-refractivity contribution in [2.24, 2.45) is 0 Å². The summed E-state index contributed by atoms with van der Waals surface area (Å²) in [7, 11) is 0. The van der Waals surface area contributed by atoms with E-state index < -0.39 is 17.2 Å². The van der Waals surface area contributed by atoms with Gasteiger partial charge in [0.25, 0.3) is 0 Å². The zero-order valence-corrected chi connectivity index (χ0v) is 11.4. The predicted octanol–water partition coefficient (Wildman–Crippen LogP) is 1.28. The fourth-order valence-electron chi connectivity index (χ4n) is 1.68. The first-order chi connectivity index (χ1) is 7.71. The summed E-state index contributed by atoms with van der Waals surface area (Å²) in [4.78, 5) is 11.7. The van der Waals surface area contributed by atoms with Gasteiger partial charge in [-0.2, -0.15) is 0 Å². The van der Waals surface area contributed by atoms with Crippen LogP contribution in [0.4, 0.5) is 4.79 Å². The molecule has 0 aromatic rings. The van der Waals surface area contributed by atoms with Gasteiger partial charge in [-0.05, 0) is 34.6 Å². The SMILES string of the molecule is CC(C)(C)OC(=O)NC(C)(C)C1CNCCO1. The van der Waals surface area contributed by atoms with Gasteiger partial charge in [0.05, 0.1) is 18.2 Å². The molecular formula is C12H24N2O3. The molecule has 1 atom stereocenters. The molecule has 1 saturated heterocycles. The molecular weight excluding hydrogens is 220 g/mol. The number of carbonyl (C=O) groups is 1. The first-order valence-electron chi connectivity index (χ1n) is 6.04. The number of hydrogen-bond acceptors (Lipinski definition) is 4. The number of amides is 1. The van der Waals surface area contributed by atoms with E-state index in [1.165, 1.54) is 0 Å². The van der Waals surface area contributed by atoms with Crippen molar-refractivity contribution in [2.45, 2.75) is 51.9 Å². The summed E-state index contributed by atoms with van der Waals surface area (Å²) in [6.45, 7) is 11.7. The number of alkyl carbamates (subject to hydrolysis) is 1. The molecule has 5 nitrogen and oxygen atoms in total. The fourth-order valence-corrected chi connectivity index (χ4v) is 1.68. The molecule has 1 aliphatic rings. The average molecular weight is 244 g/mol. The van der Waals surface area contributed by atoms with E-state index in [0.717, 1.165) is 13.1 Å². The van der Waals surface area contributed by atoms with Gasteiger partial charge in [0.2, 0.25) is 0 Å². The van der Waals surface area contributed by atoms with Crippen molar-refractivity contribution in [3.05, 3.63) is 0 Å². The van der Waals surface area contributed by atoms with Gasteiger partial charge in [0, 0.05) is 13.1 Å². The Morgan fingerprint density at radius 1 is 1.35 bits per heavy atom. The Morgan fingerprint density at radius 3 is 2.47 bits per heavy atom. The molecule has 1 fully saturated rings. The predicted molar refractivity (Wildman–Crippen MR) is 66.1 cm³/mol. The number of rotatable bonds is 2. The maximum absolute atomic E-state index is 11.7. The molecule has 1 unspecified atom stereocenters. The molecule has 1 heterocycles. The van der Waals surface area contributed by atoms with Gasteiger partial charge < -0.3 is 20.1 Å². The zero-order valence-electron chi connectivity index (χ0n) is 11.4. The lowest BCUT2D eigenvalue weighted by Crippen LogP contribution is -2.59. The van der Waals surface area contributed by atoms with Gasteiger partial charge in [-0.1, -0.05) is 0 Å². The van der Waals surface area contributed by atoms with Crippen molar-refractivity contribution in [1.29, 1.82) is 0 Å². The lowest BCUT2D eigenvalue weighted by Gasteiger charge is -2.37. The summed E-state index contributed by atoms with van der Waals surface area (Å²) in [5, 5.41) is 6.10. The maximum Gasteiger partial charge on any atom is 0.408 e. The second-order valence-corrected chi connectivity index (χ2v) is 5.91. The van der Waals surface area contributed by atoms with Gasteiger partial charge in [-0.15, -0.1) is 0 Å². The summed E-state index contributed by atoms with van der Waals surface area (Å²) in [6.07, 6.45) is -0.444. The minimum atomic E-state index is -0.480. The van der Waals surface area contributed by atoms with Crippen LogP contribution in [0.3, 0.4) is 0 Å². The molecule has 1 aliphatic heterocycles. The van der Waals surface area contributed by atoms with Gasteiger partial charge in [-0.25, -0.2) is 4.79 Å². The van der Waals surface area contributed by atoms with Crippen LogP contribution in [0.25, 0.3) is 0 Å². The van der Waals surface area contributed by atoms with Crippen molar-refractivity contribution in [1.82, 2.24) is 10.6 Å². The van der Waals surface area contributed by atoms with Gasteiger partial charge in [0.1, 0.15) is 5.60 Å². The van der Waals surface area contributed by atoms with Gasteiger partial charge in [0.15, 0.2) is 0 Å². The molecule has 17 heavy (non-hydrogen) atoms. The summed E-state index contributed by atoms with van der Waals surface area (Å²) in [5.41, 5.74) is -0.929. The third-order valence-electron chi connectivity index (χ3n) is 2.56. The van der Waals surface area contributed by atoms with E-state index in [0.29, 0.717) is 6.61 Å². The number of nitrogens with one attached hydrogen (secondary N) is 2. The van der Waals surface area contributed by atoms with E-state index in [1.54, 1.807) is 0 Å². The standard InChI is InChI=1S/C12H24N2O3/c1-11(2,3)17-10(15)14-12(4,5)9-8-13-6-7-16-9/h9,13H,6-8H2,1-5H3,(H,14,15). The first kappa shape index (κ1) is 14.3. The van der Waals surface area contributed by atoms with E-state index in [4.69, 9.17) is 9.47 Å². The topological polar surface area (TPSA) is 59.6 Å². The minimum Gasteiger partial charge on any atom is -0.444 e. The van der Waals surface area contributed by atoms with Crippen molar-refractivity contribution in [3.63, 3.8) is 0 Å². The Morgan fingerprint density at radius 2 is 2.00 bits per heavy atom. The highest BCUT2D eigenvalue weighted by atomic mass is 16.6. The number of hydrogen-bond donors (Lipinski definition) is 2.